The van der Waals surface area contributed by atoms with Crippen molar-refractivity contribution in [1.82, 2.24) is 0 Å². The van der Waals surface area contributed by atoms with Gasteiger partial charge in [-0.1, -0.05) is 0 Å². The lowest BCUT2D eigenvalue weighted by atomic mass is 10.2. The van der Waals surface area contributed by atoms with Crippen molar-refractivity contribution in [1.29, 1.82) is 0 Å². The number of anilines is 1. The Balaban J connectivity index is 1.89. The fourth-order valence-electron chi connectivity index (χ4n) is 1.93. The maximum Gasteiger partial charge on any atom is 0.433 e. The van der Waals surface area contributed by atoms with E-state index in [4.69, 9.17) is 9.15 Å². The van der Waals surface area contributed by atoms with E-state index in [0.717, 1.165) is 42.5 Å². The van der Waals surface area contributed by atoms with Gasteiger partial charge in [-0.3, -0.25) is 14.9 Å². The molecule has 11 heteroatoms. The lowest BCUT2D eigenvalue weighted by Crippen LogP contribution is -2.29. The summed E-state index contributed by atoms with van der Waals surface area (Å²) in [5.74, 6) is -2.15. The third-order valence-electron chi connectivity index (χ3n) is 3.32. The molecular formula is C17H13F3N2O6. The molecule has 0 unspecified atom stereocenters. The zero-order valence-corrected chi connectivity index (χ0v) is 14.2. The molecule has 0 bridgehead atoms. The standard InChI is InChI=1S/C17H13F3N2O6/c1-10(16(24)21-12-4-2-11(3-5-12)17(18,19)20)27-15(23)9-7-13-6-8-14(28-13)22(25)26/h2-10H,1H3,(H,21,24)/b9-7+/t10-/m0/s1. The average Bonchev–Trinajstić information content (AvgIpc) is 3.09. The number of hydrogen-bond donors (Lipinski definition) is 1. The van der Waals surface area contributed by atoms with Crippen LogP contribution in [-0.4, -0.2) is 22.9 Å². The van der Waals surface area contributed by atoms with Gasteiger partial charge in [0.25, 0.3) is 5.91 Å². The van der Waals surface area contributed by atoms with Gasteiger partial charge in [0.1, 0.15) is 10.7 Å². The number of carbonyl (C=O) groups is 2. The molecule has 0 spiro atoms. The van der Waals surface area contributed by atoms with Gasteiger partial charge in [0.15, 0.2) is 6.10 Å². The fraction of sp³-hybridized carbons (Fsp3) is 0.176. The van der Waals surface area contributed by atoms with Gasteiger partial charge in [0.2, 0.25) is 0 Å². The van der Waals surface area contributed by atoms with Crippen molar-refractivity contribution in [2.45, 2.75) is 19.2 Å². The first kappa shape index (κ1) is 20.7. The van der Waals surface area contributed by atoms with E-state index in [9.17, 15) is 32.9 Å². The number of furan rings is 1. The van der Waals surface area contributed by atoms with Crippen LogP contribution in [0.15, 0.2) is 46.9 Å². The van der Waals surface area contributed by atoms with E-state index in [0.29, 0.717) is 0 Å². The highest BCUT2D eigenvalue weighted by Crippen LogP contribution is 2.29. The Labute approximate surface area is 155 Å². The minimum absolute atomic E-state index is 0.0329. The zero-order chi connectivity index (χ0) is 20.9. The number of rotatable bonds is 6. The molecule has 28 heavy (non-hydrogen) atoms. The SMILES string of the molecule is C[C@H](OC(=O)/C=C/c1ccc([N+](=O)[O-])o1)C(=O)Nc1ccc(C(F)(F)F)cc1. The second-order valence-electron chi connectivity index (χ2n) is 5.41. The second kappa shape index (κ2) is 8.37. The molecule has 2 rings (SSSR count). The number of esters is 1. The first-order chi connectivity index (χ1) is 13.1. The molecule has 1 atom stereocenters. The summed E-state index contributed by atoms with van der Waals surface area (Å²) in [7, 11) is 0. The van der Waals surface area contributed by atoms with Crippen LogP contribution in [0.4, 0.5) is 24.7 Å². The Hall–Kier alpha value is -3.63. The van der Waals surface area contributed by atoms with E-state index >= 15 is 0 Å². The van der Waals surface area contributed by atoms with Gasteiger partial charge >= 0.3 is 18.0 Å². The Morgan fingerprint density at radius 1 is 1.21 bits per heavy atom. The molecule has 1 amide bonds. The molecular weight excluding hydrogens is 385 g/mol. The number of nitro groups is 1. The number of halogens is 3. The van der Waals surface area contributed by atoms with Gasteiger partial charge in [0.05, 0.1) is 11.6 Å². The lowest BCUT2D eigenvalue weighted by Gasteiger charge is -2.13. The predicted octanol–water partition coefficient (Wildman–Crippen LogP) is 3.79. The van der Waals surface area contributed by atoms with Crippen LogP contribution in [0.2, 0.25) is 0 Å². The Morgan fingerprint density at radius 2 is 1.86 bits per heavy atom. The number of alkyl halides is 3. The quantitative estimate of drug-likeness (QED) is 0.343. The normalized spacial score (nSPS) is 12.6. The molecule has 1 aromatic heterocycles. The van der Waals surface area contributed by atoms with Crippen molar-refractivity contribution in [3.8, 4) is 0 Å². The summed E-state index contributed by atoms with van der Waals surface area (Å²) in [6, 6.07) is 6.11. The molecule has 0 aliphatic carbocycles. The molecule has 1 aromatic carbocycles. The van der Waals surface area contributed by atoms with Crippen molar-refractivity contribution in [2.24, 2.45) is 0 Å². The molecule has 2 aromatic rings. The number of nitrogens with zero attached hydrogens (tertiary/aromatic N) is 1. The van der Waals surface area contributed by atoms with Gasteiger partial charge in [-0.05, 0) is 43.3 Å². The highest BCUT2D eigenvalue weighted by atomic mass is 19.4. The van der Waals surface area contributed by atoms with Gasteiger partial charge in [0, 0.05) is 11.8 Å². The van der Waals surface area contributed by atoms with Crippen LogP contribution in [-0.2, 0) is 20.5 Å². The first-order valence-electron chi connectivity index (χ1n) is 7.67. The minimum atomic E-state index is -4.49. The van der Waals surface area contributed by atoms with Crippen molar-refractivity contribution in [2.75, 3.05) is 5.32 Å². The molecule has 0 aliphatic rings. The summed E-state index contributed by atoms with van der Waals surface area (Å²) >= 11 is 0. The van der Waals surface area contributed by atoms with Crippen LogP contribution in [0.3, 0.4) is 0 Å². The molecule has 148 valence electrons. The summed E-state index contributed by atoms with van der Waals surface area (Å²) in [6.45, 7) is 1.27. The van der Waals surface area contributed by atoms with Gasteiger partial charge in [-0.15, -0.1) is 0 Å². The van der Waals surface area contributed by atoms with E-state index in [-0.39, 0.29) is 11.4 Å². The summed E-state index contributed by atoms with van der Waals surface area (Å²) in [5, 5.41) is 12.8. The van der Waals surface area contributed by atoms with Crippen molar-refractivity contribution in [3.63, 3.8) is 0 Å². The third kappa shape index (κ3) is 5.69. The third-order valence-corrected chi connectivity index (χ3v) is 3.32. The molecule has 0 fully saturated rings. The van der Waals surface area contributed by atoms with Crippen LogP contribution in [0.25, 0.3) is 6.08 Å². The number of ether oxygens (including phenoxy) is 1. The number of nitrogens with one attached hydrogen (secondary N) is 1. The topological polar surface area (TPSA) is 112 Å². The van der Waals surface area contributed by atoms with Crippen molar-refractivity contribution < 1.29 is 36.8 Å². The van der Waals surface area contributed by atoms with Gasteiger partial charge < -0.3 is 14.5 Å². The molecule has 0 radical (unpaired) electrons. The summed E-state index contributed by atoms with van der Waals surface area (Å²) in [4.78, 5) is 33.4. The minimum Gasteiger partial charge on any atom is -0.449 e. The number of benzene rings is 1. The molecule has 0 aliphatic heterocycles. The van der Waals surface area contributed by atoms with Gasteiger partial charge in [-0.2, -0.15) is 13.2 Å². The maximum absolute atomic E-state index is 12.5. The van der Waals surface area contributed by atoms with Crippen LogP contribution in [0.1, 0.15) is 18.2 Å². The fourth-order valence-corrected chi connectivity index (χ4v) is 1.93. The Kier molecular flexibility index (Phi) is 6.18. The molecule has 0 saturated carbocycles. The van der Waals surface area contributed by atoms with Crippen LogP contribution >= 0.6 is 0 Å². The maximum atomic E-state index is 12.5. The summed E-state index contributed by atoms with van der Waals surface area (Å²) in [5.41, 5.74) is -0.771. The van der Waals surface area contributed by atoms with Gasteiger partial charge in [-0.25, -0.2) is 4.79 Å². The monoisotopic (exact) mass is 398 g/mol. The molecule has 1 heterocycles. The average molecular weight is 398 g/mol. The first-order valence-corrected chi connectivity index (χ1v) is 7.67. The number of amides is 1. The van der Waals surface area contributed by atoms with E-state index in [1.807, 2.05) is 0 Å². The summed E-state index contributed by atoms with van der Waals surface area (Å²) in [6.07, 6.45) is -3.71. The van der Waals surface area contributed by atoms with Crippen LogP contribution < -0.4 is 5.32 Å². The van der Waals surface area contributed by atoms with E-state index < -0.39 is 40.5 Å². The molecule has 0 saturated heterocycles. The Bertz CT molecular complexity index is 902. The number of carbonyl (C=O) groups excluding carboxylic acids is 2. The smallest absolute Gasteiger partial charge is 0.433 e. The van der Waals surface area contributed by atoms with Crippen molar-refractivity contribution >= 4 is 29.5 Å². The summed E-state index contributed by atoms with van der Waals surface area (Å²) < 4.78 is 47.1. The van der Waals surface area contributed by atoms with Crippen LogP contribution in [0.5, 0.6) is 0 Å². The largest absolute Gasteiger partial charge is 0.449 e. The van der Waals surface area contributed by atoms with Crippen molar-refractivity contribution in [3.05, 3.63) is 63.9 Å². The molecule has 8 nitrogen and oxygen atoms in total. The van der Waals surface area contributed by atoms with E-state index in [2.05, 4.69) is 5.32 Å². The van der Waals surface area contributed by atoms with E-state index in [1.165, 1.54) is 13.0 Å². The number of hydrogen-bond acceptors (Lipinski definition) is 6. The van der Waals surface area contributed by atoms with Crippen LogP contribution in [0, 0.1) is 10.1 Å². The highest BCUT2D eigenvalue weighted by Gasteiger charge is 2.30. The highest BCUT2D eigenvalue weighted by molar-refractivity contribution is 5.96. The second-order valence-corrected chi connectivity index (χ2v) is 5.41. The molecule has 1 N–H and O–H groups in total. The zero-order valence-electron chi connectivity index (χ0n) is 14.2. The lowest BCUT2D eigenvalue weighted by molar-refractivity contribution is -0.402. The Morgan fingerprint density at radius 3 is 2.39 bits per heavy atom. The van der Waals surface area contributed by atoms with E-state index in [1.54, 1.807) is 0 Å². The predicted molar refractivity (Wildman–Crippen MR) is 90.0 cm³/mol.